The largest absolute Gasteiger partial charge is 0.379 e. The van der Waals surface area contributed by atoms with Gasteiger partial charge >= 0.3 is 0 Å². The monoisotopic (exact) mass is 320 g/mol. The smallest absolute Gasteiger partial charge is 0.247 e. The molecular weight excluding hydrogens is 292 g/mol. The maximum absolute atomic E-state index is 12.8. The molecule has 0 aliphatic carbocycles. The highest BCUT2D eigenvalue weighted by molar-refractivity contribution is 5.80. The van der Waals surface area contributed by atoms with Crippen LogP contribution in [-0.4, -0.2) is 71.4 Å². The summed E-state index contributed by atoms with van der Waals surface area (Å²) < 4.78 is 7.20. The fourth-order valence-corrected chi connectivity index (χ4v) is 3.64. The van der Waals surface area contributed by atoms with Crippen LogP contribution in [0.25, 0.3) is 0 Å². The van der Waals surface area contributed by atoms with Gasteiger partial charge < -0.3 is 9.64 Å². The second-order valence-corrected chi connectivity index (χ2v) is 6.59. The van der Waals surface area contributed by atoms with E-state index in [1.165, 1.54) is 0 Å². The molecule has 0 spiro atoms. The quantitative estimate of drug-likeness (QED) is 0.823. The van der Waals surface area contributed by atoms with Crippen LogP contribution in [-0.2, 0) is 9.53 Å². The van der Waals surface area contributed by atoms with Crippen molar-refractivity contribution in [3.05, 3.63) is 18.5 Å². The molecule has 128 valence electrons. The molecule has 0 saturated carbocycles. The van der Waals surface area contributed by atoms with Crippen LogP contribution in [0.15, 0.2) is 18.5 Å². The first-order chi connectivity index (χ1) is 11.3. The molecule has 2 fully saturated rings. The highest BCUT2D eigenvalue weighted by Gasteiger charge is 2.29. The summed E-state index contributed by atoms with van der Waals surface area (Å²) >= 11 is 0. The second-order valence-electron chi connectivity index (χ2n) is 6.59. The number of piperidine rings is 1. The molecule has 0 unspecified atom stereocenters. The van der Waals surface area contributed by atoms with Crippen LogP contribution >= 0.6 is 0 Å². The van der Waals surface area contributed by atoms with Crippen LogP contribution in [0.3, 0.4) is 0 Å². The molecule has 23 heavy (non-hydrogen) atoms. The Balaban J connectivity index is 1.48. The minimum absolute atomic E-state index is 0.152. The number of nitrogens with zero attached hydrogens (tertiary/aromatic N) is 4. The van der Waals surface area contributed by atoms with Crippen LogP contribution in [0, 0.1) is 5.92 Å². The SMILES string of the molecule is CC[C@@H](C(=O)N1CCC(CN2CCOCC2)CC1)n1cccn1. The van der Waals surface area contributed by atoms with Gasteiger partial charge in [0.05, 0.1) is 13.2 Å². The maximum Gasteiger partial charge on any atom is 0.247 e. The Morgan fingerprint density at radius 2 is 2.00 bits per heavy atom. The third-order valence-electron chi connectivity index (χ3n) is 5.06. The van der Waals surface area contributed by atoms with Crippen LogP contribution < -0.4 is 0 Å². The zero-order valence-electron chi connectivity index (χ0n) is 14.1. The van der Waals surface area contributed by atoms with Crippen LogP contribution in [0.1, 0.15) is 32.2 Å². The Labute approximate surface area is 138 Å². The van der Waals surface area contributed by atoms with Gasteiger partial charge in [-0.2, -0.15) is 5.10 Å². The molecule has 1 aromatic heterocycles. The molecule has 0 N–H and O–H groups in total. The predicted molar refractivity (Wildman–Crippen MR) is 88.1 cm³/mol. The van der Waals surface area contributed by atoms with Crippen molar-refractivity contribution in [2.24, 2.45) is 5.92 Å². The van der Waals surface area contributed by atoms with E-state index in [0.717, 1.165) is 65.2 Å². The highest BCUT2D eigenvalue weighted by atomic mass is 16.5. The Bertz CT molecular complexity index is 477. The molecule has 0 aromatic carbocycles. The van der Waals surface area contributed by atoms with Crippen molar-refractivity contribution in [1.82, 2.24) is 19.6 Å². The topological polar surface area (TPSA) is 50.6 Å². The van der Waals surface area contributed by atoms with Crippen LogP contribution in [0.4, 0.5) is 0 Å². The molecule has 2 saturated heterocycles. The first-order valence-electron chi connectivity index (χ1n) is 8.86. The van der Waals surface area contributed by atoms with E-state index >= 15 is 0 Å². The molecule has 1 aromatic rings. The fourth-order valence-electron chi connectivity index (χ4n) is 3.64. The Morgan fingerprint density at radius 1 is 1.26 bits per heavy atom. The Hall–Kier alpha value is -1.40. The molecule has 6 heteroatoms. The van der Waals surface area contributed by atoms with Gasteiger partial charge in [-0.1, -0.05) is 6.92 Å². The third-order valence-corrected chi connectivity index (χ3v) is 5.06. The number of hydrogen-bond acceptors (Lipinski definition) is 4. The van der Waals surface area contributed by atoms with Gasteiger partial charge in [-0.15, -0.1) is 0 Å². The van der Waals surface area contributed by atoms with E-state index in [9.17, 15) is 4.79 Å². The zero-order chi connectivity index (χ0) is 16.1. The number of carbonyl (C=O) groups excluding carboxylic acids is 1. The number of amides is 1. The average molecular weight is 320 g/mol. The molecule has 6 nitrogen and oxygen atoms in total. The second kappa shape index (κ2) is 7.93. The zero-order valence-corrected chi connectivity index (χ0v) is 14.1. The number of carbonyl (C=O) groups is 1. The number of likely N-dealkylation sites (tertiary alicyclic amines) is 1. The van der Waals surface area contributed by atoms with Crippen LogP contribution in [0.2, 0.25) is 0 Å². The molecule has 1 amide bonds. The van der Waals surface area contributed by atoms with Crippen molar-refractivity contribution in [2.75, 3.05) is 45.9 Å². The van der Waals surface area contributed by atoms with E-state index < -0.39 is 0 Å². The normalized spacial score (nSPS) is 22.2. The van der Waals surface area contributed by atoms with Gasteiger partial charge in [-0.25, -0.2) is 0 Å². The summed E-state index contributed by atoms with van der Waals surface area (Å²) in [6.07, 6.45) is 6.63. The van der Waals surface area contributed by atoms with E-state index in [-0.39, 0.29) is 11.9 Å². The van der Waals surface area contributed by atoms with Gasteiger partial charge in [0, 0.05) is 45.1 Å². The molecule has 1 atom stereocenters. The fraction of sp³-hybridized carbons (Fsp3) is 0.765. The lowest BCUT2D eigenvalue weighted by Gasteiger charge is -2.37. The lowest BCUT2D eigenvalue weighted by atomic mass is 9.95. The van der Waals surface area contributed by atoms with Crippen molar-refractivity contribution < 1.29 is 9.53 Å². The van der Waals surface area contributed by atoms with E-state index in [0.29, 0.717) is 5.92 Å². The summed E-state index contributed by atoms with van der Waals surface area (Å²) in [5, 5.41) is 4.25. The molecular formula is C17H28N4O2. The van der Waals surface area contributed by atoms with Gasteiger partial charge in [0.1, 0.15) is 6.04 Å². The summed E-state index contributed by atoms with van der Waals surface area (Å²) in [6, 6.07) is 1.73. The minimum Gasteiger partial charge on any atom is -0.379 e. The van der Waals surface area contributed by atoms with Gasteiger partial charge in [-0.05, 0) is 31.2 Å². The van der Waals surface area contributed by atoms with E-state index in [4.69, 9.17) is 4.74 Å². The van der Waals surface area contributed by atoms with Crippen LogP contribution in [0.5, 0.6) is 0 Å². The van der Waals surface area contributed by atoms with Crippen molar-refractivity contribution in [2.45, 2.75) is 32.2 Å². The molecule has 2 aliphatic rings. The highest BCUT2D eigenvalue weighted by Crippen LogP contribution is 2.22. The standard InChI is InChI=1S/C17H28N4O2/c1-2-16(21-7-3-6-18-21)17(22)20-8-4-15(5-9-20)14-19-10-12-23-13-11-19/h3,6-7,15-16H,2,4-5,8-14H2,1H3/t16-/m0/s1. The summed E-state index contributed by atoms with van der Waals surface area (Å²) in [6.45, 7) is 8.79. The number of hydrogen-bond donors (Lipinski definition) is 0. The maximum atomic E-state index is 12.8. The van der Waals surface area contributed by atoms with Gasteiger partial charge in [-0.3, -0.25) is 14.4 Å². The van der Waals surface area contributed by atoms with Crippen molar-refractivity contribution in [3.63, 3.8) is 0 Å². The Morgan fingerprint density at radius 3 is 2.61 bits per heavy atom. The minimum atomic E-state index is -0.152. The number of morpholine rings is 1. The number of rotatable bonds is 5. The average Bonchev–Trinajstić information content (AvgIpc) is 3.11. The molecule has 3 rings (SSSR count). The summed E-state index contributed by atoms with van der Waals surface area (Å²) in [5.41, 5.74) is 0. The predicted octanol–water partition coefficient (Wildman–Crippen LogP) is 1.40. The van der Waals surface area contributed by atoms with Crippen molar-refractivity contribution in [3.8, 4) is 0 Å². The van der Waals surface area contributed by atoms with Gasteiger partial charge in [0.2, 0.25) is 5.91 Å². The Kier molecular flexibility index (Phi) is 5.67. The number of ether oxygens (including phenoxy) is 1. The van der Waals surface area contributed by atoms with E-state index in [1.807, 2.05) is 17.2 Å². The molecule has 0 radical (unpaired) electrons. The van der Waals surface area contributed by atoms with E-state index in [1.54, 1.807) is 10.9 Å². The molecule has 2 aliphatic heterocycles. The summed E-state index contributed by atoms with van der Waals surface area (Å²) in [5.74, 6) is 0.933. The third kappa shape index (κ3) is 4.12. The molecule has 0 bridgehead atoms. The first kappa shape index (κ1) is 16.5. The lowest BCUT2D eigenvalue weighted by Crippen LogP contribution is -2.46. The lowest BCUT2D eigenvalue weighted by molar-refractivity contribution is -0.136. The first-order valence-corrected chi connectivity index (χ1v) is 8.86. The van der Waals surface area contributed by atoms with Gasteiger partial charge in [0.25, 0.3) is 0 Å². The number of aromatic nitrogens is 2. The molecule has 3 heterocycles. The summed E-state index contributed by atoms with van der Waals surface area (Å²) in [7, 11) is 0. The summed E-state index contributed by atoms with van der Waals surface area (Å²) in [4.78, 5) is 17.3. The van der Waals surface area contributed by atoms with Gasteiger partial charge in [0.15, 0.2) is 0 Å². The van der Waals surface area contributed by atoms with E-state index in [2.05, 4.69) is 16.9 Å². The van der Waals surface area contributed by atoms with Crippen molar-refractivity contribution in [1.29, 1.82) is 0 Å². The van der Waals surface area contributed by atoms with Crippen molar-refractivity contribution >= 4 is 5.91 Å².